The van der Waals surface area contributed by atoms with Gasteiger partial charge < -0.3 is 15.4 Å². The molecule has 0 saturated carbocycles. The summed E-state index contributed by atoms with van der Waals surface area (Å²) in [6.07, 6.45) is 1.51. The first-order valence-corrected chi connectivity index (χ1v) is 8.68. The highest BCUT2D eigenvalue weighted by Gasteiger charge is 2.20. The Hall–Kier alpha value is -1.50. The largest absolute Gasteiger partial charge is 0.476 e. The molecule has 1 aliphatic heterocycles. The Morgan fingerprint density at radius 3 is 2.90 bits per heavy atom. The van der Waals surface area contributed by atoms with Crippen molar-refractivity contribution in [2.75, 3.05) is 41.8 Å². The summed E-state index contributed by atoms with van der Waals surface area (Å²) >= 11 is 0. The van der Waals surface area contributed by atoms with Crippen LogP contribution in [0, 0.1) is 0 Å². The Balaban J connectivity index is 2.15. The molecule has 0 atom stereocenters. The maximum absolute atomic E-state index is 11.6. The highest BCUT2D eigenvalue weighted by Crippen LogP contribution is 2.24. The third kappa shape index (κ3) is 3.75. The molecule has 112 valence electrons. The average molecular weight is 299 g/mol. The van der Waals surface area contributed by atoms with Gasteiger partial charge in [0.15, 0.2) is 9.84 Å². The first-order valence-electron chi connectivity index (χ1n) is 6.86. The quantitative estimate of drug-likeness (QED) is 0.895. The summed E-state index contributed by atoms with van der Waals surface area (Å²) in [4.78, 5) is 6.38. The van der Waals surface area contributed by atoms with Gasteiger partial charge in [0.1, 0.15) is 5.82 Å². The summed E-state index contributed by atoms with van der Waals surface area (Å²) in [5, 5.41) is 0. The predicted octanol–water partition coefficient (Wildman–Crippen LogP) is 1.08. The van der Waals surface area contributed by atoms with E-state index in [0.29, 0.717) is 37.7 Å². The van der Waals surface area contributed by atoms with Gasteiger partial charge in [-0.05, 0) is 25.0 Å². The van der Waals surface area contributed by atoms with Crippen molar-refractivity contribution in [2.45, 2.75) is 19.8 Å². The summed E-state index contributed by atoms with van der Waals surface area (Å²) in [6, 6.07) is 3.57. The number of rotatable bonds is 4. The number of hydrogen-bond acceptors (Lipinski definition) is 6. The van der Waals surface area contributed by atoms with Gasteiger partial charge in [0.25, 0.3) is 0 Å². The molecule has 2 N–H and O–H groups in total. The number of aromatic nitrogens is 1. The topological polar surface area (TPSA) is 85.5 Å². The molecule has 0 aliphatic carbocycles. The molecular weight excluding hydrogens is 278 g/mol. The van der Waals surface area contributed by atoms with Crippen LogP contribution in [-0.4, -0.2) is 44.6 Å². The molecule has 1 aromatic rings. The second-order valence-electron chi connectivity index (χ2n) is 4.90. The highest BCUT2D eigenvalue weighted by atomic mass is 32.2. The maximum Gasteiger partial charge on any atom is 0.239 e. The van der Waals surface area contributed by atoms with Crippen molar-refractivity contribution in [3.8, 4) is 5.88 Å². The standard InChI is InChI=1S/C13H21N3O3S/c1-2-8-19-13-11(14)4-5-12(15-13)16-6-3-9-20(17,18)10-7-16/h4-5H,2-3,6-10,14H2,1H3. The van der Waals surface area contributed by atoms with E-state index in [-0.39, 0.29) is 11.5 Å². The van der Waals surface area contributed by atoms with Crippen molar-refractivity contribution in [3.05, 3.63) is 12.1 Å². The number of sulfone groups is 1. The van der Waals surface area contributed by atoms with Crippen molar-refractivity contribution >= 4 is 21.3 Å². The van der Waals surface area contributed by atoms with Crippen LogP contribution in [0.15, 0.2) is 12.1 Å². The molecule has 2 rings (SSSR count). The first-order chi connectivity index (χ1) is 9.52. The number of ether oxygens (including phenoxy) is 1. The Morgan fingerprint density at radius 1 is 1.35 bits per heavy atom. The first kappa shape index (κ1) is 14.9. The third-order valence-corrected chi connectivity index (χ3v) is 4.91. The van der Waals surface area contributed by atoms with E-state index in [1.54, 1.807) is 6.07 Å². The lowest BCUT2D eigenvalue weighted by Crippen LogP contribution is -2.27. The summed E-state index contributed by atoms with van der Waals surface area (Å²) in [7, 11) is -2.92. The average Bonchev–Trinajstić information content (AvgIpc) is 2.59. The zero-order chi connectivity index (χ0) is 14.6. The summed E-state index contributed by atoms with van der Waals surface area (Å²) in [6.45, 7) is 3.73. The lowest BCUT2D eigenvalue weighted by atomic mass is 10.3. The highest BCUT2D eigenvalue weighted by molar-refractivity contribution is 7.91. The van der Waals surface area contributed by atoms with Crippen LogP contribution in [0.2, 0.25) is 0 Å². The molecule has 1 fully saturated rings. The number of nitrogens with zero attached hydrogens (tertiary/aromatic N) is 2. The van der Waals surface area contributed by atoms with Gasteiger partial charge in [0, 0.05) is 13.1 Å². The molecule has 0 bridgehead atoms. The number of nitrogen functional groups attached to an aromatic ring is 1. The molecule has 0 radical (unpaired) electrons. The van der Waals surface area contributed by atoms with Crippen molar-refractivity contribution in [1.29, 1.82) is 0 Å². The van der Waals surface area contributed by atoms with E-state index in [1.165, 1.54) is 0 Å². The van der Waals surface area contributed by atoms with Crippen LogP contribution in [0.25, 0.3) is 0 Å². The molecule has 1 saturated heterocycles. The number of hydrogen-bond donors (Lipinski definition) is 1. The summed E-state index contributed by atoms with van der Waals surface area (Å²) in [5.41, 5.74) is 6.34. The van der Waals surface area contributed by atoms with Crippen LogP contribution in [0.3, 0.4) is 0 Å². The molecule has 0 amide bonds. The van der Waals surface area contributed by atoms with Gasteiger partial charge in [-0.15, -0.1) is 0 Å². The van der Waals surface area contributed by atoms with Crippen molar-refractivity contribution < 1.29 is 13.2 Å². The molecule has 1 aliphatic rings. The number of pyridine rings is 1. The van der Waals surface area contributed by atoms with Crippen LogP contribution < -0.4 is 15.4 Å². The van der Waals surface area contributed by atoms with Gasteiger partial charge in [-0.25, -0.2) is 8.42 Å². The van der Waals surface area contributed by atoms with E-state index in [9.17, 15) is 8.42 Å². The number of nitrogens with two attached hydrogens (primary N) is 1. The van der Waals surface area contributed by atoms with Crippen LogP contribution in [0.1, 0.15) is 19.8 Å². The molecular formula is C13H21N3O3S. The Labute approximate surface area is 119 Å². The third-order valence-electron chi connectivity index (χ3n) is 3.20. The van der Waals surface area contributed by atoms with Gasteiger partial charge in [-0.1, -0.05) is 6.92 Å². The normalized spacial score (nSPS) is 18.6. The smallest absolute Gasteiger partial charge is 0.239 e. The van der Waals surface area contributed by atoms with Crippen molar-refractivity contribution in [3.63, 3.8) is 0 Å². The van der Waals surface area contributed by atoms with E-state index < -0.39 is 9.84 Å². The molecule has 0 unspecified atom stereocenters. The second kappa shape index (κ2) is 6.30. The predicted molar refractivity (Wildman–Crippen MR) is 79.9 cm³/mol. The van der Waals surface area contributed by atoms with Gasteiger partial charge in [0.05, 0.1) is 23.8 Å². The van der Waals surface area contributed by atoms with Gasteiger partial charge in [-0.3, -0.25) is 0 Å². The maximum atomic E-state index is 11.6. The van der Waals surface area contributed by atoms with E-state index >= 15 is 0 Å². The summed E-state index contributed by atoms with van der Waals surface area (Å²) < 4.78 is 28.7. The minimum Gasteiger partial charge on any atom is -0.476 e. The SMILES string of the molecule is CCCOc1nc(N2CCCS(=O)(=O)CC2)ccc1N. The van der Waals surface area contributed by atoms with Crippen molar-refractivity contribution in [1.82, 2.24) is 4.98 Å². The molecule has 1 aromatic heterocycles. The van der Waals surface area contributed by atoms with Crippen LogP contribution >= 0.6 is 0 Å². The molecule has 2 heterocycles. The zero-order valence-electron chi connectivity index (χ0n) is 11.7. The molecule has 7 heteroatoms. The minimum absolute atomic E-state index is 0.171. The Kier molecular flexibility index (Phi) is 4.69. The summed E-state index contributed by atoms with van der Waals surface area (Å²) in [5.74, 6) is 1.57. The molecule has 20 heavy (non-hydrogen) atoms. The zero-order valence-corrected chi connectivity index (χ0v) is 12.5. The fraction of sp³-hybridized carbons (Fsp3) is 0.615. The fourth-order valence-corrected chi connectivity index (χ4v) is 3.37. The van der Waals surface area contributed by atoms with E-state index in [1.807, 2.05) is 17.9 Å². The van der Waals surface area contributed by atoms with Gasteiger partial charge in [-0.2, -0.15) is 4.98 Å². The Morgan fingerprint density at radius 2 is 2.15 bits per heavy atom. The molecule has 0 aromatic carbocycles. The van der Waals surface area contributed by atoms with E-state index in [0.717, 1.165) is 12.2 Å². The molecule has 0 spiro atoms. The van der Waals surface area contributed by atoms with Gasteiger partial charge >= 0.3 is 0 Å². The van der Waals surface area contributed by atoms with Crippen LogP contribution in [0.5, 0.6) is 5.88 Å². The molecule has 6 nitrogen and oxygen atoms in total. The monoisotopic (exact) mass is 299 g/mol. The van der Waals surface area contributed by atoms with E-state index in [2.05, 4.69) is 4.98 Å². The fourth-order valence-electron chi connectivity index (χ4n) is 2.10. The van der Waals surface area contributed by atoms with Crippen LogP contribution in [0.4, 0.5) is 11.5 Å². The van der Waals surface area contributed by atoms with Crippen molar-refractivity contribution in [2.24, 2.45) is 0 Å². The number of anilines is 2. The lowest BCUT2D eigenvalue weighted by Gasteiger charge is -2.21. The lowest BCUT2D eigenvalue weighted by molar-refractivity contribution is 0.307. The second-order valence-corrected chi connectivity index (χ2v) is 7.21. The van der Waals surface area contributed by atoms with Gasteiger partial charge in [0.2, 0.25) is 5.88 Å². The van der Waals surface area contributed by atoms with Crippen LogP contribution in [-0.2, 0) is 9.84 Å². The minimum atomic E-state index is -2.92. The Bertz CT molecular complexity index is 560. The van der Waals surface area contributed by atoms with E-state index in [4.69, 9.17) is 10.5 Å².